The number of carboxylic acid groups (broad SMARTS) is 1. The molecule has 7 heteroatoms. The van der Waals surface area contributed by atoms with E-state index in [1.165, 1.54) is 0 Å². The van der Waals surface area contributed by atoms with Crippen molar-refractivity contribution < 1.29 is 29.9 Å². The molecule has 6 nitrogen and oxygen atoms in total. The van der Waals surface area contributed by atoms with E-state index in [4.69, 9.17) is 5.11 Å². The summed E-state index contributed by atoms with van der Waals surface area (Å²) in [7, 11) is -3.15. The topological polar surface area (TPSA) is 118 Å². The summed E-state index contributed by atoms with van der Waals surface area (Å²) in [6.45, 7) is 6.00. The van der Waals surface area contributed by atoms with Crippen molar-refractivity contribution in [3.63, 3.8) is 0 Å². The van der Waals surface area contributed by atoms with Crippen LogP contribution in [-0.2, 0) is 0 Å². The molecular weight excluding hydrogens is 475 g/mol. The van der Waals surface area contributed by atoms with Crippen LogP contribution in [0.4, 0.5) is 0 Å². The average molecular weight is 516 g/mol. The molecule has 0 heterocycles. The van der Waals surface area contributed by atoms with Gasteiger partial charge in [0.1, 0.15) is 0 Å². The van der Waals surface area contributed by atoms with Gasteiger partial charge in [0.25, 0.3) is 0 Å². The minimum Gasteiger partial charge on any atom is -0.478 e. The van der Waals surface area contributed by atoms with Gasteiger partial charge >= 0.3 is 13.7 Å². The lowest BCUT2D eigenvalue weighted by Crippen LogP contribution is -2.29. The third kappa shape index (κ3) is 11.0. The predicted molar refractivity (Wildman–Crippen MR) is 148 cm³/mol. The number of carbonyl (C=O) groups is 1. The third-order valence-corrected chi connectivity index (χ3v) is 7.67. The Morgan fingerprint density at radius 3 is 1.31 bits per heavy atom. The van der Waals surface area contributed by atoms with Crippen molar-refractivity contribution >= 4 is 24.3 Å². The highest BCUT2D eigenvalue weighted by molar-refractivity contribution is 7.79. The van der Waals surface area contributed by atoms with Crippen molar-refractivity contribution in [2.24, 2.45) is 5.92 Å². The van der Waals surface area contributed by atoms with Crippen molar-refractivity contribution in [2.45, 2.75) is 58.7 Å². The quantitative estimate of drug-likeness (QED) is 0.261. The molecule has 0 bridgehead atoms. The highest BCUT2D eigenvalue weighted by Gasteiger charge is 2.39. The largest absolute Gasteiger partial charge is 0.478 e. The summed E-state index contributed by atoms with van der Waals surface area (Å²) in [4.78, 5) is 30.4. The van der Waals surface area contributed by atoms with Crippen molar-refractivity contribution in [1.82, 2.24) is 0 Å². The van der Waals surface area contributed by atoms with E-state index in [1.807, 2.05) is 32.9 Å². The molecular formula is C29H40O6P+. The first-order chi connectivity index (χ1) is 17.1. The van der Waals surface area contributed by atoms with E-state index in [0.29, 0.717) is 16.2 Å². The molecule has 0 fully saturated rings. The maximum atomic E-state index is 10.2. The van der Waals surface area contributed by atoms with Gasteiger partial charge in [0.2, 0.25) is 0 Å². The molecule has 0 spiro atoms. The third-order valence-electron chi connectivity index (χ3n) is 5.64. The lowest BCUT2D eigenvalue weighted by Gasteiger charge is -2.23. The second kappa shape index (κ2) is 17.0. The molecule has 3 aromatic rings. The van der Waals surface area contributed by atoms with E-state index in [1.54, 1.807) is 78.9 Å². The number of carboxylic acids is 1. The van der Waals surface area contributed by atoms with Crippen LogP contribution in [0.15, 0.2) is 91.0 Å². The minimum absolute atomic E-state index is 0.0184. The van der Waals surface area contributed by atoms with Gasteiger partial charge in [0.15, 0.2) is 10.6 Å². The molecule has 0 aliphatic heterocycles. The molecule has 3 rings (SSSR count). The first kappa shape index (κ1) is 31.4. The zero-order valence-corrected chi connectivity index (χ0v) is 22.2. The van der Waals surface area contributed by atoms with Crippen LogP contribution in [0.1, 0.15) is 56.8 Å². The summed E-state index contributed by atoms with van der Waals surface area (Å²) in [6.07, 6.45) is 2.87. The van der Waals surface area contributed by atoms with Crippen LogP contribution >= 0.6 is 7.72 Å². The fraction of sp³-hybridized carbons (Fsp3) is 0.345. The summed E-state index contributed by atoms with van der Waals surface area (Å²) in [5.41, 5.74) is 0.331. The van der Waals surface area contributed by atoms with Crippen LogP contribution in [-0.4, -0.2) is 43.3 Å². The molecule has 0 aliphatic rings. The first-order valence-corrected chi connectivity index (χ1v) is 13.9. The lowest BCUT2D eigenvalue weighted by molar-refractivity contribution is 0.0132. The van der Waals surface area contributed by atoms with Gasteiger partial charge in [-0.3, -0.25) is 0 Å². The van der Waals surface area contributed by atoms with Gasteiger partial charge in [-0.15, -0.1) is 0 Å². The standard InChI is InChI=1S/C12H12O2P.C10H22O2.C7H6O2/c13-15(14,11-7-3-1-4-8-11)12-9-5-2-6-10-12;1-4-6-9(11)8(3)10(12)7-5-2;8-7(9)6-4-2-1-3-5-6/h1-10,13-14H;8-12H,4-7H2,1-3H3;1-5H,(H,8,9)/q+1;;. The number of rotatable bonds is 9. The Hall–Kier alpha value is -2.60. The molecule has 36 heavy (non-hydrogen) atoms. The van der Waals surface area contributed by atoms with Gasteiger partial charge in [0, 0.05) is 5.92 Å². The molecule has 0 aromatic heterocycles. The Kier molecular flexibility index (Phi) is 14.8. The monoisotopic (exact) mass is 515 g/mol. The molecule has 0 saturated heterocycles. The maximum Gasteiger partial charge on any atom is 0.335 e. The zero-order valence-electron chi connectivity index (χ0n) is 21.3. The number of hydrogen-bond donors (Lipinski definition) is 5. The number of benzene rings is 3. The molecule has 0 aliphatic carbocycles. The van der Waals surface area contributed by atoms with Gasteiger partial charge in [-0.1, -0.05) is 88.2 Å². The molecule has 2 atom stereocenters. The number of hydrogen-bond acceptors (Lipinski definition) is 5. The molecule has 2 unspecified atom stereocenters. The first-order valence-electron chi connectivity index (χ1n) is 12.2. The van der Waals surface area contributed by atoms with Crippen LogP contribution in [0, 0.1) is 5.92 Å². The lowest BCUT2D eigenvalue weighted by atomic mass is 9.92. The fourth-order valence-corrected chi connectivity index (χ4v) is 4.85. The summed E-state index contributed by atoms with van der Waals surface area (Å²) in [5, 5.41) is 28.7. The molecule has 196 valence electrons. The molecule has 3 aromatic carbocycles. The van der Waals surface area contributed by atoms with Gasteiger partial charge in [-0.05, 0) is 49.2 Å². The zero-order chi connectivity index (χ0) is 27.0. The number of aromatic carboxylic acids is 1. The van der Waals surface area contributed by atoms with Gasteiger partial charge in [0.05, 0.1) is 17.8 Å². The smallest absolute Gasteiger partial charge is 0.335 e. The summed E-state index contributed by atoms with van der Waals surface area (Å²) < 4.78 is 0. The van der Waals surface area contributed by atoms with Crippen LogP contribution in [0.3, 0.4) is 0 Å². The average Bonchev–Trinajstić information content (AvgIpc) is 2.91. The molecule has 0 radical (unpaired) electrons. The van der Waals surface area contributed by atoms with Gasteiger partial charge < -0.3 is 15.3 Å². The van der Waals surface area contributed by atoms with Crippen LogP contribution in [0.2, 0.25) is 0 Å². The van der Waals surface area contributed by atoms with Crippen LogP contribution < -0.4 is 10.6 Å². The highest BCUT2D eigenvalue weighted by atomic mass is 31.2. The second-order valence-electron chi connectivity index (χ2n) is 8.51. The van der Waals surface area contributed by atoms with E-state index in [9.17, 15) is 24.8 Å². The minimum atomic E-state index is -3.15. The van der Waals surface area contributed by atoms with E-state index in [0.717, 1.165) is 25.7 Å². The molecule has 0 amide bonds. The van der Waals surface area contributed by atoms with E-state index in [2.05, 4.69) is 0 Å². The normalized spacial score (nSPS) is 13.2. The SMILES string of the molecule is CCCC(O)C(C)C(O)CCC.O=C(O)c1ccccc1.O[P+](O)(c1ccccc1)c1ccccc1. The van der Waals surface area contributed by atoms with E-state index >= 15 is 0 Å². The molecule has 5 N–H and O–H groups in total. The van der Waals surface area contributed by atoms with Crippen LogP contribution in [0.5, 0.6) is 0 Å². The highest BCUT2D eigenvalue weighted by Crippen LogP contribution is 2.46. The number of aliphatic hydroxyl groups is 2. The van der Waals surface area contributed by atoms with E-state index in [-0.39, 0.29) is 18.1 Å². The predicted octanol–water partition coefficient (Wildman–Crippen LogP) is 4.80. The van der Waals surface area contributed by atoms with Gasteiger partial charge in [-0.25, -0.2) is 14.6 Å². The molecule has 0 saturated carbocycles. The van der Waals surface area contributed by atoms with E-state index < -0.39 is 13.7 Å². The van der Waals surface area contributed by atoms with Crippen molar-refractivity contribution in [3.05, 3.63) is 96.6 Å². The fourth-order valence-electron chi connectivity index (χ4n) is 3.38. The van der Waals surface area contributed by atoms with Crippen molar-refractivity contribution in [1.29, 1.82) is 0 Å². The van der Waals surface area contributed by atoms with Crippen LogP contribution in [0.25, 0.3) is 0 Å². The Balaban J connectivity index is 0.000000280. The summed E-state index contributed by atoms with van der Waals surface area (Å²) >= 11 is 0. The Morgan fingerprint density at radius 2 is 1.03 bits per heavy atom. The number of aliphatic hydroxyl groups excluding tert-OH is 2. The van der Waals surface area contributed by atoms with Crippen molar-refractivity contribution in [2.75, 3.05) is 0 Å². The Morgan fingerprint density at radius 1 is 0.694 bits per heavy atom. The summed E-state index contributed by atoms with van der Waals surface area (Å²) in [6, 6.07) is 26.2. The Labute approximate surface area is 215 Å². The van der Waals surface area contributed by atoms with Gasteiger partial charge in [-0.2, -0.15) is 0 Å². The second-order valence-corrected chi connectivity index (χ2v) is 10.7. The summed E-state index contributed by atoms with van der Waals surface area (Å²) in [5.74, 6) is -0.861. The van der Waals surface area contributed by atoms with Crippen molar-refractivity contribution in [3.8, 4) is 0 Å². The maximum absolute atomic E-state index is 10.2. The Bertz CT molecular complexity index is 913.